The summed E-state index contributed by atoms with van der Waals surface area (Å²) in [5.41, 5.74) is 2.68. The normalized spacial score (nSPS) is 15.2. The fraction of sp³-hybridized carbons (Fsp3) is 0.400. The van der Waals surface area contributed by atoms with Crippen molar-refractivity contribution in [2.75, 3.05) is 30.3 Å². The van der Waals surface area contributed by atoms with Crippen LogP contribution in [0.15, 0.2) is 24.3 Å². The summed E-state index contributed by atoms with van der Waals surface area (Å²) in [6.07, 6.45) is 0.270. The number of hydrogen-bond acceptors (Lipinski definition) is 4. The number of nitrogens with zero attached hydrogens (tertiary/aromatic N) is 3. The van der Waals surface area contributed by atoms with Crippen molar-refractivity contribution < 1.29 is 14.4 Å². The van der Waals surface area contributed by atoms with E-state index in [0.29, 0.717) is 36.0 Å². The molecule has 1 fully saturated rings. The minimum Gasteiger partial charge on any atom is -0.354 e. The molecule has 0 saturated carbocycles. The number of nitrogens with one attached hydrogen (secondary N) is 3. The van der Waals surface area contributed by atoms with Crippen LogP contribution in [0.1, 0.15) is 30.8 Å². The highest BCUT2D eigenvalue weighted by Crippen LogP contribution is 2.27. The monoisotopic (exact) mass is 432 g/mol. The van der Waals surface area contributed by atoms with Crippen molar-refractivity contribution in [2.45, 2.75) is 33.2 Å². The number of benzene rings is 1. The van der Waals surface area contributed by atoms with Crippen LogP contribution in [0.25, 0.3) is 0 Å². The van der Waals surface area contributed by atoms with Gasteiger partial charge in [0.15, 0.2) is 0 Å². The highest BCUT2D eigenvalue weighted by molar-refractivity contribution is 6.34. The summed E-state index contributed by atoms with van der Waals surface area (Å²) in [6.45, 7) is 6.74. The second-order valence-corrected chi connectivity index (χ2v) is 7.66. The zero-order valence-electron chi connectivity index (χ0n) is 17.2. The first-order chi connectivity index (χ1) is 14.2. The molecule has 160 valence electrons. The van der Waals surface area contributed by atoms with Crippen LogP contribution in [-0.4, -0.2) is 52.2 Å². The van der Waals surface area contributed by atoms with Gasteiger partial charge >= 0.3 is 6.03 Å². The quantitative estimate of drug-likeness (QED) is 0.690. The molecule has 10 heteroatoms. The number of urea groups is 1. The Bertz CT molecular complexity index is 973. The average molecular weight is 433 g/mol. The summed E-state index contributed by atoms with van der Waals surface area (Å²) in [4.78, 5) is 38.0. The van der Waals surface area contributed by atoms with Crippen molar-refractivity contribution in [3.63, 3.8) is 0 Å². The topological polar surface area (TPSA) is 108 Å². The minimum absolute atomic E-state index is 0.0665. The Hall–Kier alpha value is -3.07. The number of halogens is 1. The van der Waals surface area contributed by atoms with Crippen molar-refractivity contribution in [1.82, 2.24) is 20.0 Å². The second-order valence-electron chi connectivity index (χ2n) is 7.25. The number of carbonyl (C=O) groups is 3. The van der Waals surface area contributed by atoms with E-state index < -0.39 is 6.04 Å². The summed E-state index contributed by atoms with van der Waals surface area (Å²) in [6, 6.07) is 5.96. The first-order valence-electron chi connectivity index (χ1n) is 9.70. The molecule has 4 amide bonds. The van der Waals surface area contributed by atoms with Crippen LogP contribution in [0.5, 0.6) is 0 Å². The van der Waals surface area contributed by atoms with E-state index in [-0.39, 0.29) is 24.3 Å². The second kappa shape index (κ2) is 9.17. The van der Waals surface area contributed by atoms with E-state index in [4.69, 9.17) is 11.6 Å². The van der Waals surface area contributed by atoms with Gasteiger partial charge in [0, 0.05) is 37.4 Å². The third-order valence-corrected chi connectivity index (χ3v) is 5.18. The van der Waals surface area contributed by atoms with E-state index in [1.807, 2.05) is 19.9 Å². The van der Waals surface area contributed by atoms with Gasteiger partial charge in [0.2, 0.25) is 11.8 Å². The molecule has 0 aliphatic carbocycles. The molecule has 2 heterocycles. The van der Waals surface area contributed by atoms with Gasteiger partial charge in [-0.3, -0.25) is 14.3 Å². The number of carbonyl (C=O) groups excluding carboxylic acids is 3. The molecule has 9 nitrogen and oxygen atoms in total. The number of hydrogen-bond donors (Lipinski definition) is 3. The average Bonchev–Trinajstić information content (AvgIpc) is 2.88. The van der Waals surface area contributed by atoms with Gasteiger partial charge < -0.3 is 20.9 Å². The Morgan fingerprint density at radius 2 is 1.97 bits per heavy atom. The van der Waals surface area contributed by atoms with E-state index in [1.165, 1.54) is 0 Å². The molecule has 1 aromatic carbocycles. The lowest BCUT2D eigenvalue weighted by molar-refractivity contribution is -0.120. The molecule has 3 N–H and O–H groups in total. The van der Waals surface area contributed by atoms with Crippen LogP contribution in [0, 0.1) is 13.8 Å². The van der Waals surface area contributed by atoms with Crippen LogP contribution in [0.3, 0.4) is 0 Å². The fourth-order valence-electron chi connectivity index (χ4n) is 3.25. The fourth-order valence-corrected chi connectivity index (χ4v) is 3.48. The van der Waals surface area contributed by atoms with Crippen molar-refractivity contribution in [2.24, 2.45) is 0 Å². The van der Waals surface area contributed by atoms with Crippen LogP contribution in [-0.2, 0) is 9.59 Å². The van der Waals surface area contributed by atoms with Crippen molar-refractivity contribution >= 4 is 40.8 Å². The van der Waals surface area contributed by atoms with Crippen LogP contribution >= 0.6 is 11.6 Å². The summed E-state index contributed by atoms with van der Waals surface area (Å²) in [7, 11) is 0. The summed E-state index contributed by atoms with van der Waals surface area (Å²) < 4.78 is 1.66. The number of aryl methyl sites for hydroxylation is 2. The molecule has 2 aromatic rings. The smallest absolute Gasteiger partial charge is 0.321 e. The molecule has 1 aromatic heterocycles. The molecule has 3 rings (SSSR count). The first kappa shape index (κ1) is 21.6. The van der Waals surface area contributed by atoms with Gasteiger partial charge in [-0.05, 0) is 45.0 Å². The predicted octanol–water partition coefficient (Wildman–Crippen LogP) is 2.71. The molecule has 1 saturated heterocycles. The Morgan fingerprint density at radius 1 is 1.20 bits per heavy atom. The predicted molar refractivity (Wildman–Crippen MR) is 115 cm³/mol. The standard InChI is InChI=1S/C20H25ClN6O3/c1-12-10-13(2)27(25-12)14(3)19(29)24-17-5-4-15(11-16(17)21)23-20(30)26-8-6-18(28)22-7-9-26/h4-5,10-11,14H,6-9H2,1-3H3,(H,22,28)(H,23,30)(H,24,29). The maximum absolute atomic E-state index is 12.6. The van der Waals surface area contributed by atoms with E-state index in [0.717, 1.165) is 11.4 Å². The molecule has 1 atom stereocenters. The van der Waals surface area contributed by atoms with E-state index in [9.17, 15) is 14.4 Å². The van der Waals surface area contributed by atoms with Gasteiger partial charge in [0.1, 0.15) is 6.04 Å². The maximum atomic E-state index is 12.6. The molecule has 0 radical (unpaired) electrons. The number of aromatic nitrogens is 2. The highest BCUT2D eigenvalue weighted by atomic mass is 35.5. The molecule has 1 unspecified atom stereocenters. The third kappa shape index (κ3) is 5.10. The van der Waals surface area contributed by atoms with Gasteiger partial charge in [-0.1, -0.05) is 11.6 Å². The van der Waals surface area contributed by atoms with E-state index >= 15 is 0 Å². The zero-order chi connectivity index (χ0) is 21.8. The summed E-state index contributed by atoms with van der Waals surface area (Å²) >= 11 is 6.32. The Balaban J connectivity index is 1.63. The van der Waals surface area contributed by atoms with Gasteiger partial charge in [0.05, 0.1) is 16.4 Å². The molecular weight excluding hydrogens is 408 g/mol. The molecule has 0 bridgehead atoms. The molecule has 1 aliphatic heterocycles. The van der Waals surface area contributed by atoms with Gasteiger partial charge in [-0.25, -0.2) is 4.79 Å². The number of amides is 4. The van der Waals surface area contributed by atoms with Crippen molar-refractivity contribution in [1.29, 1.82) is 0 Å². The molecule has 30 heavy (non-hydrogen) atoms. The third-order valence-electron chi connectivity index (χ3n) is 4.87. The Kier molecular flexibility index (Phi) is 6.61. The van der Waals surface area contributed by atoms with Gasteiger partial charge in [-0.2, -0.15) is 5.10 Å². The number of anilines is 2. The van der Waals surface area contributed by atoms with Gasteiger partial charge in [-0.15, -0.1) is 0 Å². The van der Waals surface area contributed by atoms with Crippen molar-refractivity contribution in [3.05, 3.63) is 40.7 Å². The Morgan fingerprint density at radius 3 is 2.63 bits per heavy atom. The maximum Gasteiger partial charge on any atom is 0.321 e. The lowest BCUT2D eigenvalue weighted by atomic mass is 10.2. The lowest BCUT2D eigenvalue weighted by Crippen LogP contribution is -2.37. The Labute approximate surface area is 179 Å². The van der Waals surface area contributed by atoms with Crippen LogP contribution in [0.4, 0.5) is 16.2 Å². The molecular formula is C20H25ClN6O3. The van der Waals surface area contributed by atoms with E-state index in [1.54, 1.807) is 34.7 Å². The van der Waals surface area contributed by atoms with Crippen molar-refractivity contribution in [3.8, 4) is 0 Å². The molecule has 1 aliphatic rings. The highest BCUT2D eigenvalue weighted by Gasteiger charge is 2.20. The summed E-state index contributed by atoms with van der Waals surface area (Å²) in [5, 5.41) is 12.9. The summed E-state index contributed by atoms with van der Waals surface area (Å²) in [5.74, 6) is -0.315. The number of rotatable bonds is 4. The van der Waals surface area contributed by atoms with Gasteiger partial charge in [0.25, 0.3) is 0 Å². The van der Waals surface area contributed by atoms with Crippen LogP contribution in [0.2, 0.25) is 5.02 Å². The SMILES string of the molecule is Cc1cc(C)n(C(C)C(=O)Nc2ccc(NC(=O)N3CCNC(=O)CC3)cc2Cl)n1. The molecule has 0 spiro atoms. The van der Waals surface area contributed by atoms with E-state index in [2.05, 4.69) is 21.0 Å². The minimum atomic E-state index is -0.506. The zero-order valence-corrected chi connectivity index (χ0v) is 17.9. The first-order valence-corrected chi connectivity index (χ1v) is 10.1. The van der Waals surface area contributed by atoms with Crippen LogP contribution < -0.4 is 16.0 Å². The lowest BCUT2D eigenvalue weighted by Gasteiger charge is -2.20. The largest absolute Gasteiger partial charge is 0.354 e.